The van der Waals surface area contributed by atoms with Gasteiger partial charge >= 0.3 is 0 Å². The first-order valence-corrected chi connectivity index (χ1v) is 10.4. The molecule has 0 bridgehead atoms. The molecule has 0 saturated carbocycles. The van der Waals surface area contributed by atoms with E-state index in [0.29, 0.717) is 18.2 Å². The van der Waals surface area contributed by atoms with Gasteiger partial charge in [-0.3, -0.25) is 9.59 Å². The Morgan fingerprint density at radius 1 is 1.32 bits per heavy atom. The molecule has 1 saturated heterocycles. The van der Waals surface area contributed by atoms with Crippen LogP contribution in [0.1, 0.15) is 23.2 Å². The Morgan fingerprint density at radius 2 is 2.14 bits per heavy atom. The van der Waals surface area contributed by atoms with E-state index in [1.54, 1.807) is 16.9 Å². The number of aromatic nitrogens is 5. The maximum absolute atomic E-state index is 12.2. The van der Waals surface area contributed by atoms with Gasteiger partial charge < -0.3 is 15.2 Å². The highest BCUT2D eigenvalue weighted by Crippen LogP contribution is 2.28. The van der Waals surface area contributed by atoms with E-state index < -0.39 is 11.5 Å². The van der Waals surface area contributed by atoms with Gasteiger partial charge in [-0.05, 0) is 31.2 Å². The maximum atomic E-state index is 12.2. The van der Waals surface area contributed by atoms with Crippen molar-refractivity contribution in [1.29, 1.82) is 0 Å². The summed E-state index contributed by atoms with van der Waals surface area (Å²) in [6, 6.07) is 3.12. The topological polar surface area (TPSA) is 109 Å². The number of anilines is 1. The number of fused-ring (bicyclic) bond motifs is 1. The molecule has 0 radical (unpaired) electrons. The Hall–Kier alpha value is -2.88. The van der Waals surface area contributed by atoms with Crippen molar-refractivity contribution in [2.45, 2.75) is 24.5 Å². The number of pyridine rings is 1. The molecule has 4 heterocycles. The number of H-pyrrole nitrogens is 1. The van der Waals surface area contributed by atoms with Crippen molar-refractivity contribution in [3.8, 4) is 0 Å². The van der Waals surface area contributed by atoms with Crippen LogP contribution >= 0.6 is 11.8 Å². The molecule has 3 aromatic heterocycles. The molecular weight excluding hydrogens is 378 g/mol. The average Bonchev–Trinajstić information content (AvgIpc) is 3.38. The highest BCUT2D eigenvalue weighted by Gasteiger charge is 2.20. The molecule has 9 nitrogen and oxygen atoms in total. The van der Waals surface area contributed by atoms with Crippen LogP contribution in [-0.4, -0.2) is 56.5 Å². The normalized spacial score (nSPS) is 14.0. The number of hydrogen-bond acceptors (Lipinski definition) is 7. The second-order valence-corrected chi connectivity index (χ2v) is 7.28. The molecule has 3 aromatic rings. The molecule has 10 heteroatoms. The van der Waals surface area contributed by atoms with Crippen LogP contribution in [0.4, 0.5) is 5.82 Å². The summed E-state index contributed by atoms with van der Waals surface area (Å²) in [6.07, 6.45) is 7.57. The third-order valence-corrected chi connectivity index (χ3v) is 5.26. The predicted molar refractivity (Wildman–Crippen MR) is 108 cm³/mol. The highest BCUT2D eigenvalue weighted by atomic mass is 32.2. The number of carbonyl (C=O) groups is 1. The minimum Gasteiger partial charge on any atom is -0.356 e. The van der Waals surface area contributed by atoms with E-state index in [1.807, 2.05) is 6.26 Å². The van der Waals surface area contributed by atoms with E-state index in [-0.39, 0.29) is 5.56 Å². The molecule has 4 rings (SSSR count). The first-order chi connectivity index (χ1) is 13.7. The molecule has 1 amide bonds. The summed E-state index contributed by atoms with van der Waals surface area (Å²) in [6.45, 7) is 2.77. The zero-order valence-electron chi connectivity index (χ0n) is 15.5. The van der Waals surface area contributed by atoms with Crippen LogP contribution in [0.5, 0.6) is 0 Å². The highest BCUT2D eigenvalue weighted by molar-refractivity contribution is 7.98. The zero-order valence-corrected chi connectivity index (χ0v) is 16.3. The molecule has 1 fully saturated rings. The lowest BCUT2D eigenvalue weighted by atomic mass is 10.2. The standard InChI is InChI=1S/C18H21N7O2S/c1-28-18-22-14(24-8-2-3-9-24)13-11-21-25(15(13)23-18)10-7-20-17(27)12-5-4-6-19-16(12)26/h4-6,11H,2-3,7-10H2,1H3,(H,19,26)(H,20,27). The molecule has 1 aliphatic rings. The van der Waals surface area contributed by atoms with E-state index in [0.717, 1.165) is 29.9 Å². The molecule has 0 unspecified atom stereocenters. The minimum atomic E-state index is -0.407. The number of thioether (sulfide) groups is 1. The van der Waals surface area contributed by atoms with E-state index in [2.05, 4.69) is 30.3 Å². The van der Waals surface area contributed by atoms with Crippen LogP contribution in [0.15, 0.2) is 34.5 Å². The van der Waals surface area contributed by atoms with Crippen LogP contribution in [0, 0.1) is 0 Å². The monoisotopic (exact) mass is 399 g/mol. The van der Waals surface area contributed by atoms with E-state index in [4.69, 9.17) is 0 Å². The van der Waals surface area contributed by atoms with Gasteiger partial charge in [0.25, 0.3) is 11.5 Å². The molecule has 0 aliphatic carbocycles. The molecule has 0 atom stereocenters. The first-order valence-electron chi connectivity index (χ1n) is 9.16. The fraction of sp³-hybridized carbons (Fsp3) is 0.389. The number of nitrogens with zero attached hydrogens (tertiary/aromatic N) is 5. The summed E-state index contributed by atoms with van der Waals surface area (Å²) in [5.41, 5.74) is 0.446. The van der Waals surface area contributed by atoms with Crippen molar-refractivity contribution in [3.63, 3.8) is 0 Å². The van der Waals surface area contributed by atoms with Gasteiger partial charge in [-0.25, -0.2) is 14.6 Å². The van der Waals surface area contributed by atoms with Gasteiger partial charge in [-0.15, -0.1) is 0 Å². The zero-order chi connectivity index (χ0) is 19.5. The van der Waals surface area contributed by atoms with Crippen LogP contribution in [0.3, 0.4) is 0 Å². The lowest BCUT2D eigenvalue weighted by Crippen LogP contribution is -2.31. The van der Waals surface area contributed by atoms with Gasteiger partial charge in [0.15, 0.2) is 10.8 Å². The van der Waals surface area contributed by atoms with Gasteiger partial charge in [0.1, 0.15) is 11.4 Å². The Balaban J connectivity index is 1.53. The van der Waals surface area contributed by atoms with Crippen molar-refractivity contribution >= 4 is 34.5 Å². The van der Waals surface area contributed by atoms with E-state index in [9.17, 15) is 9.59 Å². The van der Waals surface area contributed by atoms with E-state index in [1.165, 1.54) is 36.9 Å². The molecule has 0 spiro atoms. The first kappa shape index (κ1) is 18.5. The fourth-order valence-electron chi connectivity index (χ4n) is 3.32. The SMILES string of the molecule is CSc1nc(N2CCCC2)c2cnn(CCNC(=O)c3ccc[nH]c3=O)c2n1. The van der Waals surface area contributed by atoms with Gasteiger partial charge in [0.2, 0.25) is 0 Å². The summed E-state index contributed by atoms with van der Waals surface area (Å²) in [5.74, 6) is 0.522. The Kier molecular flexibility index (Phi) is 5.29. The summed E-state index contributed by atoms with van der Waals surface area (Å²) in [4.78, 5) is 38.0. The molecule has 146 valence electrons. The van der Waals surface area contributed by atoms with Crippen molar-refractivity contribution < 1.29 is 4.79 Å². The number of nitrogens with one attached hydrogen (secondary N) is 2. The molecule has 2 N–H and O–H groups in total. The third-order valence-electron chi connectivity index (χ3n) is 4.72. The van der Waals surface area contributed by atoms with Gasteiger partial charge in [-0.2, -0.15) is 5.10 Å². The third kappa shape index (κ3) is 3.59. The van der Waals surface area contributed by atoms with Gasteiger partial charge in [0.05, 0.1) is 18.1 Å². The van der Waals surface area contributed by atoms with Crippen LogP contribution in [-0.2, 0) is 6.54 Å². The summed E-state index contributed by atoms with van der Waals surface area (Å²) < 4.78 is 1.77. The van der Waals surface area contributed by atoms with E-state index >= 15 is 0 Å². The largest absolute Gasteiger partial charge is 0.356 e. The number of carbonyl (C=O) groups excluding carboxylic acids is 1. The second kappa shape index (κ2) is 8.01. The Bertz CT molecular complexity index is 1060. The Morgan fingerprint density at radius 3 is 2.89 bits per heavy atom. The lowest BCUT2D eigenvalue weighted by molar-refractivity contribution is 0.0950. The second-order valence-electron chi connectivity index (χ2n) is 6.50. The molecular formula is C18H21N7O2S. The molecule has 1 aliphatic heterocycles. The molecule has 0 aromatic carbocycles. The van der Waals surface area contributed by atoms with Crippen LogP contribution in [0.25, 0.3) is 11.0 Å². The fourth-order valence-corrected chi connectivity index (χ4v) is 3.67. The maximum Gasteiger partial charge on any atom is 0.260 e. The number of aromatic amines is 1. The van der Waals surface area contributed by atoms with Crippen molar-refractivity contribution in [2.24, 2.45) is 0 Å². The van der Waals surface area contributed by atoms with Gasteiger partial charge in [-0.1, -0.05) is 11.8 Å². The van der Waals surface area contributed by atoms with Crippen LogP contribution < -0.4 is 15.8 Å². The van der Waals surface area contributed by atoms with Crippen molar-refractivity contribution in [3.05, 3.63) is 40.4 Å². The summed E-state index contributed by atoms with van der Waals surface area (Å²) >= 11 is 1.50. The van der Waals surface area contributed by atoms with Gasteiger partial charge in [0, 0.05) is 25.8 Å². The summed E-state index contributed by atoms with van der Waals surface area (Å²) in [7, 11) is 0. The quantitative estimate of drug-likeness (QED) is 0.474. The Labute approximate surface area is 165 Å². The average molecular weight is 399 g/mol. The smallest absolute Gasteiger partial charge is 0.260 e. The molecule has 28 heavy (non-hydrogen) atoms. The predicted octanol–water partition coefficient (Wildman–Crippen LogP) is 1.27. The van der Waals surface area contributed by atoms with Crippen molar-refractivity contribution in [2.75, 3.05) is 30.8 Å². The number of amides is 1. The minimum absolute atomic E-state index is 0.0936. The number of rotatable bonds is 6. The van der Waals surface area contributed by atoms with Crippen molar-refractivity contribution in [1.82, 2.24) is 30.0 Å². The number of hydrogen-bond donors (Lipinski definition) is 2. The van der Waals surface area contributed by atoms with Crippen LogP contribution in [0.2, 0.25) is 0 Å². The summed E-state index contributed by atoms with van der Waals surface area (Å²) in [5, 5.41) is 8.84. The lowest BCUT2D eigenvalue weighted by Gasteiger charge is -2.17.